The van der Waals surface area contributed by atoms with Gasteiger partial charge in [-0.2, -0.15) is 11.8 Å². The molecule has 1 aromatic rings. The lowest BCUT2D eigenvalue weighted by molar-refractivity contribution is -0.130. The molecule has 22 heavy (non-hydrogen) atoms. The van der Waals surface area contributed by atoms with Gasteiger partial charge in [-0.15, -0.1) is 0 Å². The zero-order valence-corrected chi connectivity index (χ0v) is 12.8. The number of carbonyl (C=O) groups is 3. The summed E-state index contributed by atoms with van der Waals surface area (Å²) in [5.41, 5.74) is 0.0125. The molecule has 2 N–H and O–H groups in total. The summed E-state index contributed by atoms with van der Waals surface area (Å²) in [7, 11) is 0. The number of halogens is 1. The molecule has 8 heteroatoms. The number of hydrogen-bond acceptors (Lipinski definition) is 4. The number of anilines is 1. The molecular formula is C14H16FN3O3S. The molecule has 1 aliphatic rings. The quantitative estimate of drug-likeness (QED) is 0.776. The summed E-state index contributed by atoms with van der Waals surface area (Å²) in [6, 6.07) is 4.49. The molecule has 1 saturated heterocycles. The van der Waals surface area contributed by atoms with Crippen molar-refractivity contribution in [1.82, 2.24) is 10.2 Å². The number of carbonyl (C=O) groups excluding carboxylic acids is 3. The third-order valence-electron chi connectivity index (χ3n) is 3.17. The normalized spacial score (nSPS) is 17.5. The van der Waals surface area contributed by atoms with E-state index in [4.69, 9.17) is 0 Å². The van der Waals surface area contributed by atoms with Gasteiger partial charge in [-0.3, -0.25) is 14.5 Å². The molecule has 1 fully saturated rings. The fourth-order valence-electron chi connectivity index (χ4n) is 2.05. The van der Waals surface area contributed by atoms with Crippen molar-refractivity contribution in [2.24, 2.45) is 0 Å². The van der Waals surface area contributed by atoms with Crippen LogP contribution in [-0.4, -0.2) is 47.3 Å². The minimum atomic E-state index is -0.626. The lowest BCUT2D eigenvalue weighted by Gasteiger charge is -2.13. The van der Waals surface area contributed by atoms with Crippen molar-refractivity contribution in [1.29, 1.82) is 0 Å². The first kappa shape index (κ1) is 16.3. The van der Waals surface area contributed by atoms with E-state index in [-0.39, 0.29) is 5.69 Å². The van der Waals surface area contributed by atoms with Gasteiger partial charge in [0.15, 0.2) is 0 Å². The molecule has 1 atom stereocenters. The van der Waals surface area contributed by atoms with E-state index < -0.39 is 36.2 Å². The zero-order valence-electron chi connectivity index (χ0n) is 12.0. The highest BCUT2D eigenvalue weighted by molar-refractivity contribution is 7.98. The van der Waals surface area contributed by atoms with Crippen molar-refractivity contribution in [3.8, 4) is 0 Å². The van der Waals surface area contributed by atoms with Crippen LogP contribution in [0.25, 0.3) is 0 Å². The first-order chi connectivity index (χ1) is 10.5. The van der Waals surface area contributed by atoms with Gasteiger partial charge in [0.25, 0.3) is 5.91 Å². The van der Waals surface area contributed by atoms with Crippen LogP contribution in [0.15, 0.2) is 24.3 Å². The predicted molar refractivity (Wildman–Crippen MR) is 82.1 cm³/mol. The minimum absolute atomic E-state index is 0.0125. The molecule has 0 saturated carbocycles. The van der Waals surface area contributed by atoms with Crippen molar-refractivity contribution in [3.63, 3.8) is 0 Å². The molecule has 0 aliphatic carbocycles. The molecule has 118 valence electrons. The predicted octanol–water partition coefficient (Wildman–Crippen LogP) is 1.44. The van der Waals surface area contributed by atoms with Crippen LogP contribution in [0.4, 0.5) is 14.9 Å². The Morgan fingerprint density at radius 3 is 2.82 bits per heavy atom. The number of imide groups is 1. The smallest absolute Gasteiger partial charge is 0.325 e. The Morgan fingerprint density at radius 1 is 1.41 bits per heavy atom. The van der Waals surface area contributed by atoms with Gasteiger partial charge >= 0.3 is 6.03 Å². The van der Waals surface area contributed by atoms with Crippen molar-refractivity contribution in [2.75, 3.05) is 23.9 Å². The van der Waals surface area contributed by atoms with Gasteiger partial charge in [0.2, 0.25) is 5.91 Å². The highest BCUT2D eigenvalue weighted by atomic mass is 32.2. The molecule has 0 radical (unpaired) electrons. The summed E-state index contributed by atoms with van der Waals surface area (Å²) in [5, 5.41) is 4.88. The maximum atomic E-state index is 13.4. The van der Waals surface area contributed by atoms with Crippen LogP contribution in [0.3, 0.4) is 0 Å². The largest absolute Gasteiger partial charge is 0.326 e. The fourth-order valence-corrected chi connectivity index (χ4v) is 2.53. The number of rotatable bonds is 6. The first-order valence-corrected chi connectivity index (χ1v) is 8.07. The van der Waals surface area contributed by atoms with Gasteiger partial charge in [-0.05, 0) is 30.6 Å². The molecule has 4 amide bonds. The third-order valence-corrected chi connectivity index (χ3v) is 3.81. The Labute approximate surface area is 131 Å². The highest BCUT2D eigenvalue weighted by Crippen LogP contribution is 2.14. The molecule has 1 aliphatic heterocycles. The van der Waals surface area contributed by atoms with Gasteiger partial charge in [0.05, 0.1) is 5.69 Å². The maximum absolute atomic E-state index is 13.4. The minimum Gasteiger partial charge on any atom is -0.326 e. The second-order valence-corrected chi connectivity index (χ2v) is 5.72. The van der Waals surface area contributed by atoms with Crippen LogP contribution in [-0.2, 0) is 9.59 Å². The van der Waals surface area contributed by atoms with Crippen molar-refractivity contribution in [3.05, 3.63) is 30.1 Å². The van der Waals surface area contributed by atoms with Crippen molar-refractivity contribution < 1.29 is 18.8 Å². The van der Waals surface area contributed by atoms with Crippen LogP contribution in [0.5, 0.6) is 0 Å². The third kappa shape index (κ3) is 3.76. The summed E-state index contributed by atoms with van der Waals surface area (Å²) in [6.07, 6.45) is 2.41. The molecule has 1 heterocycles. The number of para-hydroxylation sites is 1. The van der Waals surface area contributed by atoms with E-state index in [0.29, 0.717) is 6.42 Å². The van der Waals surface area contributed by atoms with Gasteiger partial charge in [-0.1, -0.05) is 12.1 Å². The SMILES string of the molecule is CSCC[C@@H]1NC(=O)N(CC(=O)Nc2ccccc2F)C1=O. The Balaban J connectivity index is 1.95. The lowest BCUT2D eigenvalue weighted by atomic mass is 10.2. The average Bonchev–Trinajstić information content (AvgIpc) is 2.75. The highest BCUT2D eigenvalue weighted by Gasteiger charge is 2.38. The van der Waals surface area contributed by atoms with E-state index in [1.54, 1.807) is 17.8 Å². The van der Waals surface area contributed by atoms with Crippen LogP contribution in [0.1, 0.15) is 6.42 Å². The Bertz CT molecular complexity index is 596. The van der Waals surface area contributed by atoms with Crippen molar-refractivity contribution >= 4 is 35.3 Å². The van der Waals surface area contributed by atoms with Crippen LogP contribution >= 0.6 is 11.8 Å². The van der Waals surface area contributed by atoms with Gasteiger partial charge < -0.3 is 10.6 Å². The lowest BCUT2D eigenvalue weighted by Crippen LogP contribution is -2.38. The molecular weight excluding hydrogens is 309 g/mol. The number of nitrogens with zero attached hydrogens (tertiary/aromatic N) is 1. The van der Waals surface area contributed by atoms with E-state index in [1.165, 1.54) is 18.2 Å². The zero-order chi connectivity index (χ0) is 16.1. The summed E-state index contributed by atoms with van der Waals surface area (Å²) in [4.78, 5) is 36.5. The van der Waals surface area contributed by atoms with Crippen LogP contribution in [0.2, 0.25) is 0 Å². The molecule has 1 aromatic carbocycles. The Morgan fingerprint density at radius 2 is 2.14 bits per heavy atom. The second-order valence-electron chi connectivity index (χ2n) is 4.74. The molecule has 6 nitrogen and oxygen atoms in total. The van der Waals surface area contributed by atoms with E-state index >= 15 is 0 Å². The summed E-state index contributed by atoms with van der Waals surface area (Å²) in [6.45, 7) is -0.436. The van der Waals surface area contributed by atoms with E-state index in [9.17, 15) is 18.8 Å². The van der Waals surface area contributed by atoms with Gasteiger partial charge in [-0.25, -0.2) is 9.18 Å². The number of hydrogen-bond donors (Lipinski definition) is 2. The summed E-state index contributed by atoms with van der Waals surface area (Å²) >= 11 is 1.57. The number of thioether (sulfide) groups is 1. The maximum Gasteiger partial charge on any atom is 0.325 e. The Hall–Kier alpha value is -2.09. The molecule has 0 bridgehead atoms. The molecule has 2 rings (SSSR count). The topological polar surface area (TPSA) is 78.5 Å². The fraction of sp³-hybridized carbons (Fsp3) is 0.357. The second kappa shape index (κ2) is 7.26. The average molecular weight is 325 g/mol. The molecule has 0 unspecified atom stereocenters. The molecule has 0 aromatic heterocycles. The van der Waals surface area contributed by atoms with E-state index in [0.717, 1.165) is 10.7 Å². The monoisotopic (exact) mass is 325 g/mol. The van der Waals surface area contributed by atoms with Crippen LogP contribution in [0, 0.1) is 5.82 Å². The first-order valence-electron chi connectivity index (χ1n) is 6.68. The van der Waals surface area contributed by atoms with E-state index in [1.807, 2.05) is 6.26 Å². The number of nitrogens with one attached hydrogen (secondary N) is 2. The standard InChI is InChI=1S/C14H16FN3O3S/c1-22-7-6-11-13(20)18(14(21)17-11)8-12(19)16-10-5-3-2-4-9(10)15/h2-5,11H,6-8H2,1H3,(H,16,19)(H,17,21)/t11-/m0/s1. The number of amides is 4. The number of urea groups is 1. The van der Waals surface area contributed by atoms with Crippen molar-refractivity contribution in [2.45, 2.75) is 12.5 Å². The van der Waals surface area contributed by atoms with E-state index in [2.05, 4.69) is 10.6 Å². The molecule has 0 spiro atoms. The number of benzene rings is 1. The summed E-state index contributed by atoms with van der Waals surface area (Å²) in [5.74, 6) is -0.904. The van der Waals surface area contributed by atoms with Gasteiger partial charge in [0.1, 0.15) is 18.4 Å². The van der Waals surface area contributed by atoms with Crippen LogP contribution < -0.4 is 10.6 Å². The van der Waals surface area contributed by atoms with Gasteiger partial charge in [0, 0.05) is 0 Å². The Kier molecular flexibility index (Phi) is 5.37. The summed E-state index contributed by atoms with van der Waals surface area (Å²) < 4.78 is 13.4.